The maximum atomic E-state index is 13.3. The van der Waals surface area contributed by atoms with Gasteiger partial charge in [0.05, 0.1) is 33.4 Å². The number of nitrogens with one attached hydrogen (secondary N) is 1. The normalized spacial score (nSPS) is 10.6. The quantitative estimate of drug-likeness (QED) is 0.399. The molecule has 1 N–H and O–H groups in total. The van der Waals surface area contributed by atoms with Gasteiger partial charge in [0.15, 0.2) is 11.5 Å². The molecular weight excluding hydrogens is 430 g/mol. The van der Waals surface area contributed by atoms with E-state index in [2.05, 4.69) is 5.32 Å². The summed E-state index contributed by atoms with van der Waals surface area (Å²) in [5.41, 5.74) is 3.78. The molecule has 4 aromatic rings. The molecule has 0 atom stereocenters. The fraction of sp³-hybridized carbons (Fsp3) is 0.185. The number of nitrogens with zero attached hydrogens (tertiary/aromatic N) is 2. The molecule has 1 heterocycles. The number of hydrogen-bond donors (Lipinski definition) is 1. The molecule has 3 aromatic carbocycles. The lowest BCUT2D eigenvalue weighted by molar-refractivity contribution is 0.0951. The second-order valence-electron chi connectivity index (χ2n) is 7.65. The minimum absolute atomic E-state index is 0.227. The Hall–Kier alpha value is -4.26. The summed E-state index contributed by atoms with van der Waals surface area (Å²) in [5, 5.41) is 7.75. The van der Waals surface area contributed by atoms with Crippen LogP contribution in [-0.4, -0.2) is 37.0 Å². The average molecular weight is 458 g/mol. The third kappa shape index (κ3) is 5.04. The van der Waals surface area contributed by atoms with E-state index in [0.29, 0.717) is 41.6 Å². The van der Waals surface area contributed by atoms with Crippen LogP contribution in [0.2, 0.25) is 0 Å². The van der Waals surface area contributed by atoms with Gasteiger partial charge in [0, 0.05) is 18.3 Å². The molecule has 0 aliphatic carbocycles. The average Bonchev–Trinajstić information content (AvgIpc) is 3.31. The first-order valence-corrected chi connectivity index (χ1v) is 10.9. The molecular formula is C27H27N3O4. The van der Waals surface area contributed by atoms with Crippen LogP contribution in [0, 0.1) is 0 Å². The largest absolute Gasteiger partial charge is 0.496 e. The Kier molecular flexibility index (Phi) is 7.13. The van der Waals surface area contributed by atoms with Gasteiger partial charge in [-0.3, -0.25) is 9.48 Å². The first-order valence-electron chi connectivity index (χ1n) is 10.9. The highest BCUT2D eigenvalue weighted by Crippen LogP contribution is 2.31. The Bertz CT molecular complexity index is 1270. The van der Waals surface area contributed by atoms with Crippen LogP contribution in [0.1, 0.15) is 21.5 Å². The second kappa shape index (κ2) is 10.6. The predicted molar refractivity (Wildman–Crippen MR) is 130 cm³/mol. The van der Waals surface area contributed by atoms with Crippen molar-refractivity contribution in [3.8, 4) is 28.5 Å². The van der Waals surface area contributed by atoms with Gasteiger partial charge in [0.25, 0.3) is 5.91 Å². The summed E-state index contributed by atoms with van der Waals surface area (Å²) >= 11 is 0. The lowest BCUT2D eigenvalue weighted by Crippen LogP contribution is -2.23. The Balaban J connectivity index is 1.63. The highest BCUT2D eigenvalue weighted by atomic mass is 16.5. The van der Waals surface area contributed by atoms with Crippen LogP contribution in [0.4, 0.5) is 0 Å². The molecule has 0 saturated heterocycles. The number of hydrogen-bond acceptors (Lipinski definition) is 5. The lowest BCUT2D eigenvalue weighted by atomic mass is 10.1. The zero-order chi connectivity index (χ0) is 23.9. The van der Waals surface area contributed by atoms with Gasteiger partial charge in [-0.1, -0.05) is 48.5 Å². The van der Waals surface area contributed by atoms with E-state index in [-0.39, 0.29) is 5.91 Å². The molecule has 0 spiro atoms. The van der Waals surface area contributed by atoms with Crippen LogP contribution in [0.15, 0.2) is 79.0 Å². The summed E-state index contributed by atoms with van der Waals surface area (Å²) in [6, 6.07) is 23.1. The van der Waals surface area contributed by atoms with E-state index in [1.807, 2.05) is 72.8 Å². The summed E-state index contributed by atoms with van der Waals surface area (Å²) in [6.07, 6.45) is 1.78. The molecule has 7 heteroatoms. The first kappa shape index (κ1) is 22.9. The molecule has 1 aromatic heterocycles. The Labute approximate surface area is 198 Å². The van der Waals surface area contributed by atoms with Crippen LogP contribution in [0.25, 0.3) is 11.3 Å². The van der Waals surface area contributed by atoms with Crippen molar-refractivity contribution in [1.29, 1.82) is 0 Å². The standard InChI is InChI=1S/C27H27N3O4/c1-32-23-12-8-7-11-21(23)26-22(18-30(29-26)17-19-9-5-4-6-10-19)27(31)28-16-20-13-14-24(33-2)25(15-20)34-3/h4-15,18H,16-17H2,1-3H3,(H,28,31). The van der Waals surface area contributed by atoms with Crippen LogP contribution < -0.4 is 19.5 Å². The molecule has 0 fully saturated rings. The third-order valence-corrected chi connectivity index (χ3v) is 5.46. The summed E-state index contributed by atoms with van der Waals surface area (Å²) in [5.74, 6) is 1.68. The first-order chi connectivity index (χ1) is 16.6. The van der Waals surface area contributed by atoms with Gasteiger partial charge >= 0.3 is 0 Å². The lowest BCUT2D eigenvalue weighted by Gasteiger charge is -2.11. The van der Waals surface area contributed by atoms with E-state index in [0.717, 1.165) is 16.7 Å². The zero-order valence-corrected chi connectivity index (χ0v) is 19.4. The third-order valence-electron chi connectivity index (χ3n) is 5.46. The molecule has 0 aliphatic rings. The number of para-hydroxylation sites is 1. The molecule has 34 heavy (non-hydrogen) atoms. The molecule has 4 rings (SSSR count). The van der Waals surface area contributed by atoms with Crippen LogP contribution in [-0.2, 0) is 13.1 Å². The predicted octanol–water partition coefficient (Wildman–Crippen LogP) is 4.55. The summed E-state index contributed by atoms with van der Waals surface area (Å²) < 4.78 is 18.0. The van der Waals surface area contributed by atoms with Crippen molar-refractivity contribution in [2.75, 3.05) is 21.3 Å². The van der Waals surface area contributed by atoms with Crippen molar-refractivity contribution < 1.29 is 19.0 Å². The maximum absolute atomic E-state index is 13.3. The minimum atomic E-state index is -0.227. The topological polar surface area (TPSA) is 74.6 Å². The summed E-state index contributed by atoms with van der Waals surface area (Å²) in [6.45, 7) is 0.875. The number of carbonyl (C=O) groups is 1. The molecule has 0 unspecified atom stereocenters. The van der Waals surface area contributed by atoms with E-state index in [1.54, 1.807) is 32.2 Å². The number of carbonyl (C=O) groups excluding carboxylic acids is 1. The van der Waals surface area contributed by atoms with Gasteiger partial charge in [0.1, 0.15) is 11.4 Å². The van der Waals surface area contributed by atoms with Gasteiger partial charge in [-0.05, 0) is 35.4 Å². The van der Waals surface area contributed by atoms with E-state index < -0.39 is 0 Å². The summed E-state index contributed by atoms with van der Waals surface area (Å²) in [7, 11) is 4.78. The van der Waals surface area contributed by atoms with Gasteiger partial charge < -0.3 is 19.5 Å². The van der Waals surface area contributed by atoms with Crippen LogP contribution >= 0.6 is 0 Å². The Morgan fingerprint density at radius 2 is 1.53 bits per heavy atom. The van der Waals surface area contributed by atoms with Gasteiger partial charge in [-0.25, -0.2) is 0 Å². The van der Waals surface area contributed by atoms with Crippen molar-refractivity contribution >= 4 is 5.91 Å². The second-order valence-corrected chi connectivity index (χ2v) is 7.65. The van der Waals surface area contributed by atoms with E-state index in [9.17, 15) is 4.79 Å². The SMILES string of the molecule is COc1ccc(CNC(=O)c2cn(Cc3ccccc3)nc2-c2ccccc2OC)cc1OC. The Morgan fingerprint density at radius 1 is 0.824 bits per heavy atom. The molecule has 7 nitrogen and oxygen atoms in total. The van der Waals surface area contributed by atoms with Gasteiger partial charge in [-0.15, -0.1) is 0 Å². The fourth-order valence-corrected chi connectivity index (χ4v) is 3.75. The molecule has 0 aliphatic heterocycles. The van der Waals surface area contributed by atoms with E-state index >= 15 is 0 Å². The number of amides is 1. The van der Waals surface area contributed by atoms with Gasteiger partial charge in [0.2, 0.25) is 0 Å². The smallest absolute Gasteiger partial charge is 0.255 e. The monoisotopic (exact) mass is 457 g/mol. The molecule has 0 bridgehead atoms. The van der Waals surface area contributed by atoms with Gasteiger partial charge in [-0.2, -0.15) is 5.10 Å². The van der Waals surface area contributed by atoms with Crippen molar-refractivity contribution in [2.45, 2.75) is 13.1 Å². The fourth-order valence-electron chi connectivity index (χ4n) is 3.75. The van der Waals surface area contributed by atoms with Crippen LogP contribution in [0.3, 0.4) is 0 Å². The maximum Gasteiger partial charge on any atom is 0.255 e. The summed E-state index contributed by atoms with van der Waals surface area (Å²) in [4.78, 5) is 13.3. The Morgan fingerprint density at radius 3 is 2.26 bits per heavy atom. The van der Waals surface area contributed by atoms with Crippen molar-refractivity contribution in [3.63, 3.8) is 0 Å². The van der Waals surface area contributed by atoms with Crippen molar-refractivity contribution in [3.05, 3.63) is 95.7 Å². The molecule has 1 amide bonds. The number of aromatic nitrogens is 2. The number of ether oxygens (including phenoxy) is 3. The van der Waals surface area contributed by atoms with Crippen molar-refractivity contribution in [2.24, 2.45) is 0 Å². The number of benzene rings is 3. The molecule has 174 valence electrons. The highest BCUT2D eigenvalue weighted by Gasteiger charge is 2.20. The van der Waals surface area contributed by atoms with Crippen molar-refractivity contribution in [1.82, 2.24) is 15.1 Å². The number of methoxy groups -OCH3 is 3. The van der Waals surface area contributed by atoms with E-state index in [1.165, 1.54) is 0 Å². The minimum Gasteiger partial charge on any atom is -0.496 e. The molecule has 0 saturated carbocycles. The number of rotatable bonds is 9. The highest BCUT2D eigenvalue weighted by molar-refractivity contribution is 6.00. The molecule has 0 radical (unpaired) electrons. The van der Waals surface area contributed by atoms with Crippen LogP contribution in [0.5, 0.6) is 17.2 Å². The van der Waals surface area contributed by atoms with E-state index in [4.69, 9.17) is 19.3 Å². The zero-order valence-electron chi connectivity index (χ0n) is 19.4.